The fourth-order valence-electron chi connectivity index (χ4n) is 1.72. The molecule has 0 spiro atoms. The molecule has 3 nitrogen and oxygen atoms in total. The Morgan fingerprint density at radius 3 is 2.48 bits per heavy atom. The Bertz CT molecular complexity index is 629. The number of para-hydroxylation sites is 3. The molecule has 0 aliphatic heterocycles. The fraction of sp³-hybridized carbons (Fsp3) is 0.143. The van der Waals surface area contributed by atoms with E-state index in [1.807, 2.05) is 0 Å². The lowest BCUT2D eigenvalue weighted by Gasteiger charge is -2.15. The molecule has 21 heavy (non-hydrogen) atoms. The van der Waals surface area contributed by atoms with Gasteiger partial charge in [-0.25, -0.2) is 4.39 Å². The molecule has 0 saturated heterocycles. The second-order valence-electron chi connectivity index (χ2n) is 4.15. The van der Waals surface area contributed by atoms with E-state index in [1.165, 1.54) is 30.3 Å². The number of phenols is 1. The van der Waals surface area contributed by atoms with Crippen molar-refractivity contribution in [1.82, 2.24) is 0 Å². The molecule has 2 rings (SSSR count). The molecule has 0 unspecified atom stereocenters. The molecule has 0 saturated carbocycles. The van der Waals surface area contributed by atoms with E-state index in [9.17, 15) is 22.7 Å². The Morgan fingerprint density at radius 2 is 1.76 bits per heavy atom. The SMILES string of the molecule is Oc1c(F)cccc1CNc1ccccc1OC(F)(F)F. The van der Waals surface area contributed by atoms with Gasteiger partial charge in [0, 0.05) is 12.1 Å². The lowest BCUT2D eigenvalue weighted by Crippen LogP contribution is -2.18. The summed E-state index contributed by atoms with van der Waals surface area (Å²) in [7, 11) is 0. The maximum Gasteiger partial charge on any atom is 0.573 e. The molecule has 0 heterocycles. The summed E-state index contributed by atoms with van der Waals surface area (Å²) < 4.78 is 53.8. The fourth-order valence-corrected chi connectivity index (χ4v) is 1.72. The number of ether oxygens (including phenoxy) is 1. The third kappa shape index (κ3) is 4.01. The van der Waals surface area contributed by atoms with Gasteiger partial charge in [0.05, 0.1) is 5.69 Å². The minimum atomic E-state index is -4.81. The summed E-state index contributed by atoms with van der Waals surface area (Å²) in [5, 5.41) is 12.2. The molecular weight excluding hydrogens is 290 g/mol. The van der Waals surface area contributed by atoms with Gasteiger partial charge >= 0.3 is 6.36 Å². The van der Waals surface area contributed by atoms with E-state index in [0.717, 1.165) is 12.1 Å². The van der Waals surface area contributed by atoms with Gasteiger partial charge in [-0.15, -0.1) is 13.2 Å². The van der Waals surface area contributed by atoms with Gasteiger partial charge in [0.2, 0.25) is 0 Å². The zero-order chi connectivity index (χ0) is 15.5. The molecule has 0 fully saturated rings. The van der Waals surface area contributed by atoms with E-state index in [4.69, 9.17) is 0 Å². The van der Waals surface area contributed by atoms with Gasteiger partial charge in [-0.1, -0.05) is 24.3 Å². The topological polar surface area (TPSA) is 41.5 Å². The van der Waals surface area contributed by atoms with Crippen molar-refractivity contribution < 1.29 is 27.4 Å². The average Bonchev–Trinajstić information content (AvgIpc) is 2.40. The van der Waals surface area contributed by atoms with Gasteiger partial charge < -0.3 is 15.2 Å². The van der Waals surface area contributed by atoms with E-state index in [0.29, 0.717) is 0 Å². The summed E-state index contributed by atoms with van der Waals surface area (Å²) in [5.74, 6) is -1.74. The van der Waals surface area contributed by atoms with Crippen molar-refractivity contribution in [3.8, 4) is 11.5 Å². The van der Waals surface area contributed by atoms with Crippen LogP contribution in [0, 0.1) is 5.82 Å². The molecule has 0 amide bonds. The van der Waals surface area contributed by atoms with E-state index in [1.54, 1.807) is 0 Å². The highest BCUT2D eigenvalue weighted by molar-refractivity contribution is 5.56. The number of benzene rings is 2. The quantitative estimate of drug-likeness (QED) is 0.837. The highest BCUT2D eigenvalue weighted by Gasteiger charge is 2.32. The molecular formula is C14H11F4NO2. The first-order valence-corrected chi connectivity index (χ1v) is 5.92. The predicted octanol–water partition coefficient (Wildman–Crippen LogP) is 4.04. The summed E-state index contributed by atoms with van der Waals surface area (Å²) in [4.78, 5) is 0. The van der Waals surface area contributed by atoms with E-state index < -0.39 is 23.7 Å². The summed E-state index contributed by atoms with van der Waals surface area (Å²) >= 11 is 0. The molecule has 0 aromatic heterocycles. The van der Waals surface area contributed by atoms with Crippen molar-refractivity contribution in [3.63, 3.8) is 0 Å². The number of rotatable bonds is 4. The van der Waals surface area contributed by atoms with Crippen LogP contribution in [0.1, 0.15) is 5.56 Å². The van der Waals surface area contributed by atoms with Crippen molar-refractivity contribution in [2.24, 2.45) is 0 Å². The normalized spacial score (nSPS) is 11.2. The van der Waals surface area contributed by atoms with Crippen molar-refractivity contribution >= 4 is 5.69 Å². The summed E-state index contributed by atoms with van der Waals surface area (Å²) in [6, 6.07) is 9.39. The summed E-state index contributed by atoms with van der Waals surface area (Å²) in [5.41, 5.74) is 0.301. The number of nitrogens with one attached hydrogen (secondary N) is 1. The second kappa shape index (κ2) is 5.90. The molecule has 0 atom stereocenters. The van der Waals surface area contributed by atoms with Crippen LogP contribution in [0.3, 0.4) is 0 Å². The second-order valence-corrected chi connectivity index (χ2v) is 4.15. The van der Waals surface area contributed by atoms with Crippen molar-refractivity contribution in [2.45, 2.75) is 12.9 Å². The Labute approximate surface area is 117 Å². The molecule has 0 aliphatic rings. The van der Waals surface area contributed by atoms with Crippen molar-refractivity contribution in [2.75, 3.05) is 5.32 Å². The monoisotopic (exact) mass is 301 g/mol. The van der Waals surface area contributed by atoms with Crippen molar-refractivity contribution in [3.05, 3.63) is 53.8 Å². The Kier molecular flexibility index (Phi) is 4.21. The highest BCUT2D eigenvalue weighted by atomic mass is 19.4. The van der Waals surface area contributed by atoms with E-state index in [-0.39, 0.29) is 17.8 Å². The number of alkyl halides is 3. The first-order valence-electron chi connectivity index (χ1n) is 5.92. The highest BCUT2D eigenvalue weighted by Crippen LogP contribution is 2.31. The zero-order valence-corrected chi connectivity index (χ0v) is 10.6. The third-order valence-corrected chi connectivity index (χ3v) is 2.65. The molecule has 0 aliphatic carbocycles. The first-order chi connectivity index (χ1) is 9.87. The number of anilines is 1. The van der Waals surface area contributed by atoms with Crippen LogP contribution in [0.4, 0.5) is 23.2 Å². The molecule has 2 aromatic carbocycles. The molecule has 2 aromatic rings. The molecule has 0 radical (unpaired) electrons. The van der Waals surface area contributed by atoms with Gasteiger partial charge in [-0.3, -0.25) is 0 Å². The van der Waals surface area contributed by atoms with Crippen LogP contribution in [0.5, 0.6) is 11.5 Å². The van der Waals surface area contributed by atoms with Gasteiger partial charge in [0.15, 0.2) is 17.3 Å². The molecule has 7 heteroatoms. The minimum absolute atomic E-state index is 0.0537. The largest absolute Gasteiger partial charge is 0.573 e. The van der Waals surface area contributed by atoms with Gasteiger partial charge in [-0.05, 0) is 18.2 Å². The van der Waals surface area contributed by atoms with Crippen LogP contribution in [0.2, 0.25) is 0 Å². The molecule has 112 valence electrons. The Balaban J connectivity index is 2.15. The lowest BCUT2D eigenvalue weighted by atomic mass is 10.2. The van der Waals surface area contributed by atoms with Gasteiger partial charge in [0.1, 0.15) is 0 Å². The minimum Gasteiger partial charge on any atom is -0.505 e. The molecule has 2 N–H and O–H groups in total. The maximum atomic E-state index is 13.2. The molecule has 0 bridgehead atoms. The van der Waals surface area contributed by atoms with Crippen LogP contribution in [0.25, 0.3) is 0 Å². The van der Waals surface area contributed by atoms with Crippen LogP contribution in [-0.2, 0) is 6.54 Å². The van der Waals surface area contributed by atoms with Crippen molar-refractivity contribution in [1.29, 1.82) is 0 Å². The lowest BCUT2D eigenvalue weighted by molar-refractivity contribution is -0.274. The Morgan fingerprint density at radius 1 is 1.05 bits per heavy atom. The van der Waals surface area contributed by atoms with E-state index in [2.05, 4.69) is 10.1 Å². The van der Waals surface area contributed by atoms with Crippen LogP contribution >= 0.6 is 0 Å². The Hall–Kier alpha value is -2.44. The first kappa shape index (κ1) is 15.0. The van der Waals surface area contributed by atoms with Gasteiger partial charge in [0.25, 0.3) is 0 Å². The summed E-state index contributed by atoms with van der Waals surface area (Å²) in [6.07, 6.45) is -4.81. The predicted molar refractivity (Wildman–Crippen MR) is 68.5 cm³/mol. The van der Waals surface area contributed by atoms with E-state index >= 15 is 0 Å². The number of hydrogen-bond acceptors (Lipinski definition) is 3. The number of phenolic OH excluding ortho intramolecular Hbond substituents is 1. The number of aromatic hydroxyl groups is 1. The summed E-state index contributed by atoms with van der Waals surface area (Å²) in [6.45, 7) is -0.0537. The number of hydrogen-bond donors (Lipinski definition) is 2. The number of halogens is 4. The van der Waals surface area contributed by atoms with Crippen LogP contribution in [-0.4, -0.2) is 11.5 Å². The third-order valence-electron chi connectivity index (χ3n) is 2.65. The van der Waals surface area contributed by atoms with Gasteiger partial charge in [-0.2, -0.15) is 0 Å². The van der Waals surface area contributed by atoms with Crippen LogP contribution in [0.15, 0.2) is 42.5 Å². The maximum absolute atomic E-state index is 13.2. The smallest absolute Gasteiger partial charge is 0.505 e. The zero-order valence-electron chi connectivity index (χ0n) is 10.6. The van der Waals surface area contributed by atoms with Crippen LogP contribution < -0.4 is 10.1 Å². The standard InChI is InChI=1S/C14H11F4NO2/c15-10-5-3-4-9(13(10)20)8-19-11-6-1-2-7-12(11)21-14(16,17)18/h1-7,19-20H,8H2. The average molecular weight is 301 g/mol.